The molecule has 108 valence electrons. The molecule has 1 unspecified atom stereocenters. The molecule has 0 radical (unpaired) electrons. The lowest BCUT2D eigenvalue weighted by Gasteiger charge is -2.29. The van der Waals surface area contributed by atoms with Gasteiger partial charge in [0, 0.05) is 6.04 Å². The number of nitrogens with one attached hydrogen (secondary N) is 1. The Labute approximate surface area is 111 Å². The smallest absolute Gasteiger partial charge is 0.268 e. The Morgan fingerprint density at radius 2 is 1.78 bits per heavy atom. The van der Waals surface area contributed by atoms with Crippen molar-refractivity contribution in [3.8, 4) is 0 Å². The molecular formula is C13H27NO3S. The largest absolute Gasteiger partial charge is 0.314 e. The molecule has 0 aromatic heterocycles. The van der Waals surface area contributed by atoms with Gasteiger partial charge in [0.1, 0.15) is 0 Å². The lowest BCUT2D eigenvalue weighted by Crippen LogP contribution is -2.39. The van der Waals surface area contributed by atoms with Gasteiger partial charge in [-0.05, 0) is 31.2 Å². The Hall–Kier alpha value is -0.130. The van der Waals surface area contributed by atoms with Gasteiger partial charge in [0.2, 0.25) is 0 Å². The summed E-state index contributed by atoms with van der Waals surface area (Å²) in [7, 11) is -3.97. The van der Waals surface area contributed by atoms with Crippen LogP contribution in [0.1, 0.15) is 59.3 Å². The Kier molecular flexibility index (Phi) is 5.62. The van der Waals surface area contributed by atoms with E-state index < -0.39 is 20.8 Å². The molecule has 5 heteroatoms. The first-order chi connectivity index (χ1) is 8.21. The topological polar surface area (TPSA) is 66.4 Å². The van der Waals surface area contributed by atoms with Crippen LogP contribution >= 0.6 is 0 Å². The predicted molar refractivity (Wildman–Crippen MR) is 74.3 cm³/mol. The summed E-state index contributed by atoms with van der Waals surface area (Å²) in [5, 5.41) is 2.73. The third-order valence-electron chi connectivity index (χ3n) is 3.77. The standard InChI is InChI=1S/C13H27NO3S/c1-13(2,3)12(18(15,16)17)9-10-14-11-7-5-4-6-8-11/h11-12,14H,4-10H2,1-3H3,(H,15,16,17). The third kappa shape index (κ3) is 5.24. The molecule has 1 saturated carbocycles. The molecule has 0 amide bonds. The van der Waals surface area contributed by atoms with Gasteiger partial charge < -0.3 is 5.32 Å². The molecule has 0 saturated heterocycles. The quantitative estimate of drug-likeness (QED) is 0.758. The molecule has 0 heterocycles. The molecule has 0 bridgehead atoms. The van der Waals surface area contributed by atoms with Crippen LogP contribution in [-0.4, -0.2) is 30.8 Å². The molecule has 1 rings (SSSR count). The molecule has 0 aromatic carbocycles. The summed E-state index contributed by atoms with van der Waals surface area (Å²) in [6.07, 6.45) is 6.68. The monoisotopic (exact) mass is 277 g/mol. The van der Waals surface area contributed by atoms with E-state index in [0.29, 0.717) is 19.0 Å². The number of rotatable bonds is 5. The normalized spacial score (nSPS) is 20.9. The van der Waals surface area contributed by atoms with Gasteiger partial charge in [-0.15, -0.1) is 0 Å². The Morgan fingerprint density at radius 3 is 2.22 bits per heavy atom. The molecule has 1 aliphatic rings. The number of hydrogen-bond donors (Lipinski definition) is 2. The average molecular weight is 277 g/mol. The first kappa shape index (κ1) is 15.9. The van der Waals surface area contributed by atoms with Gasteiger partial charge in [0.25, 0.3) is 10.1 Å². The minimum Gasteiger partial charge on any atom is -0.314 e. The fourth-order valence-corrected chi connectivity index (χ4v) is 4.06. The molecule has 1 aliphatic carbocycles. The highest BCUT2D eigenvalue weighted by atomic mass is 32.2. The van der Waals surface area contributed by atoms with Crippen LogP contribution in [0.4, 0.5) is 0 Å². The van der Waals surface area contributed by atoms with E-state index in [4.69, 9.17) is 0 Å². The van der Waals surface area contributed by atoms with Crippen LogP contribution in [0.2, 0.25) is 0 Å². The van der Waals surface area contributed by atoms with Crippen LogP contribution in [0.5, 0.6) is 0 Å². The second-order valence-corrected chi connectivity index (χ2v) is 8.05. The van der Waals surface area contributed by atoms with Crippen molar-refractivity contribution in [3.63, 3.8) is 0 Å². The van der Waals surface area contributed by atoms with Gasteiger partial charge in [-0.1, -0.05) is 40.0 Å². The average Bonchev–Trinajstić information content (AvgIpc) is 2.22. The zero-order valence-corrected chi connectivity index (χ0v) is 12.6. The fraction of sp³-hybridized carbons (Fsp3) is 1.00. The first-order valence-corrected chi connectivity index (χ1v) is 8.41. The molecule has 4 nitrogen and oxygen atoms in total. The van der Waals surface area contributed by atoms with Crippen LogP contribution in [-0.2, 0) is 10.1 Å². The van der Waals surface area contributed by atoms with E-state index in [1.807, 2.05) is 20.8 Å². The van der Waals surface area contributed by atoms with E-state index in [1.54, 1.807) is 0 Å². The highest BCUT2D eigenvalue weighted by Gasteiger charge is 2.34. The Morgan fingerprint density at radius 1 is 1.22 bits per heavy atom. The van der Waals surface area contributed by atoms with Gasteiger partial charge in [-0.2, -0.15) is 8.42 Å². The Bertz CT molecular complexity index is 340. The maximum Gasteiger partial charge on any atom is 0.268 e. The summed E-state index contributed by atoms with van der Waals surface area (Å²) < 4.78 is 32.1. The van der Waals surface area contributed by atoms with Crippen molar-refractivity contribution in [2.75, 3.05) is 6.54 Å². The zero-order chi connectivity index (χ0) is 13.8. The molecule has 2 N–H and O–H groups in total. The lowest BCUT2D eigenvalue weighted by atomic mass is 9.89. The van der Waals surface area contributed by atoms with Crippen molar-refractivity contribution in [2.45, 2.75) is 70.6 Å². The van der Waals surface area contributed by atoms with E-state index in [9.17, 15) is 13.0 Å². The van der Waals surface area contributed by atoms with Crippen LogP contribution < -0.4 is 5.32 Å². The summed E-state index contributed by atoms with van der Waals surface area (Å²) in [4.78, 5) is 0. The fourth-order valence-electron chi connectivity index (χ4n) is 2.75. The maximum atomic E-state index is 11.4. The summed E-state index contributed by atoms with van der Waals surface area (Å²) in [6.45, 7) is 6.22. The minimum absolute atomic E-state index is 0.429. The first-order valence-electron chi connectivity index (χ1n) is 6.91. The van der Waals surface area contributed by atoms with Crippen LogP contribution in [0.3, 0.4) is 0 Å². The van der Waals surface area contributed by atoms with E-state index in [2.05, 4.69) is 5.32 Å². The maximum absolute atomic E-state index is 11.4. The second kappa shape index (κ2) is 6.35. The van der Waals surface area contributed by atoms with Gasteiger partial charge in [-0.3, -0.25) is 4.55 Å². The van der Waals surface area contributed by atoms with Gasteiger partial charge in [0.05, 0.1) is 5.25 Å². The van der Waals surface area contributed by atoms with Crippen LogP contribution in [0, 0.1) is 5.41 Å². The highest BCUT2D eigenvalue weighted by Crippen LogP contribution is 2.27. The minimum atomic E-state index is -3.97. The van der Waals surface area contributed by atoms with E-state index >= 15 is 0 Å². The van der Waals surface area contributed by atoms with E-state index in [0.717, 1.165) is 0 Å². The molecule has 0 spiro atoms. The van der Waals surface area contributed by atoms with Crippen molar-refractivity contribution in [1.82, 2.24) is 5.32 Å². The molecule has 0 aliphatic heterocycles. The lowest BCUT2D eigenvalue weighted by molar-refractivity contribution is 0.319. The van der Waals surface area contributed by atoms with E-state index in [-0.39, 0.29) is 0 Å². The second-order valence-electron chi connectivity index (χ2n) is 6.45. The summed E-state index contributed by atoms with van der Waals surface area (Å²) in [6, 6.07) is 0.528. The zero-order valence-electron chi connectivity index (χ0n) is 11.8. The molecule has 1 fully saturated rings. The van der Waals surface area contributed by atoms with Crippen molar-refractivity contribution < 1.29 is 13.0 Å². The molecule has 1 atom stereocenters. The van der Waals surface area contributed by atoms with Gasteiger partial charge in [0.15, 0.2) is 0 Å². The third-order valence-corrected chi connectivity index (χ3v) is 5.43. The summed E-state index contributed by atoms with van der Waals surface area (Å²) in [5.74, 6) is 0. The molecular weight excluding hydrogens is 250 g/mol. The summed E-state index contributed by atoms with van der Waals surface area (Å²) in [5.41, 5.74) is -0.429. The number of hydrogen-bond acceptors (Lipinski definition) is 3. The van der Waals surface area contributed by atoms with Crippen molar-refractivity contribution in [2.24, 2.45) is 5.41 Å². The van der Waals surface area contributed by atoms with Crippen LogP contribution in [0.15, 0.2) is 0 Å². The van der Waals surface area contributed by atoms with Crippen molar-refractivity contribution in [1.29, 1.82) is 0 Å². The highest BCUT2D eigenvalue weighted by molar-refractivity contribution is 7.86. The van der Waals surface area contributed by atoms with Crippen molar-refractivity contribution >= 4 is 10.1 Å². The van der Waals surface area contributed by atoms with E-state index in [1.165, 1.54) is 32.1 Å². The van der Waals surface area contributed by atoms with Gasteiger partial charge >= 0.3 is 0 Å². The Balaban J connectivity index is 2.43. The van der Waals surface area contributed by atoms with Crippen molar-refractivity contribution in [3.05, 3.63) is 0 Å². The van der Waals surface area contributed by atoms with Gasteiger partial charge in [-0.25, -0.2) is 0 Å². The summed E-state index contributed by atoms with van der Waals surface area (Å²) >= 11 is 0. The predicted octanol–water partition coefficient (Wildman–Crippen LogP) is 2.60. The molecule has 0 aromatic rings. The van der Waals surface area contributed by atoms with Crippen LogP contribution in [0.25, 0.3) is 0 Å². The molecule has 18 heavy (non-hydrogen) atoms. The SMILES string of the molecule is CC(C)(C)C(CCNC1CCCCC1)S(=O)(=O)O.